The second kappa shape index (κ2) is 10.8. The molecule has 8 heteroatoms. The topological polar surface area (TPSA) is 97.8 Å². The van der Waals surface area contributed by atoms with Crippen LogP contribution in [0.4, 0.5) is 0 Å². The maximum Gasteiger partial charge on any atom is 0.289 e. The summed E-state index contributed by atoms with van der Waals surface area (Å²) in [5.41, 5.74) is 6.04. The van der Waals surface area contributed by atoms with Crippen molar-refractivity contribution in [3.8, 4) is 28.5 Å². The minimum Gasteiger partial charge on any atom is -0.493 e. The molecule has 0 saturated heterocycles. The number of nitrogens with one attached hydrogen (secondary N) is 2. The Hall–Kier alpha value is -4.59. The number of hydrogen-bond acceptors (Lipinski definition) is 6. The molecule has 34 heavy (non-hydrogen) atoms. The predicted molar refractivity (Wildman–Crippen MR) is 129 cm³/mol. The monoisotopic (exact) mass is 456 g/mol. The third kappa shape index (κ3) is 5.60. The molecule has 0 saturated carbocycles. The van der Waals surface area contributed by atoms with Crippen LogP contribution >= 0.6 is 0 Å². The number of benzene rings is 3. The van der Waals surface area contributed by atoms with Gasteiger partial charge in [-0.05, 0) is 47.5 Å². The Bertz CT molecular complexity index is 1280. The Morgan fingerprint density at radius 2 is 1.79 bits per heavy atom. The van der Waals surface area contributed by atoms with Gasteiger partial charge in [0.05, 0.1) is 26.1 Å². The Kier molecular flexibility index (Phi) is 7.19. The molecule has 4 aromatic rings. The van der Waals surface area contributed by atoms with Crippen LogP contribution in [0.15, 0.2) is 84.0 Å². The number of nitrogens with zero attached hydrogens (tertiary/aromatic N) is 2. The number of methoxy groups -OCH3 is 2. The van der Waals surface area contributed by atoms with Crippen LogP contribution in [0.2, 0.25) is 0 Å². The van der Waals surface area contributed by atoms with Gasteiger partial charge in [-0.2, -0.15) is 10.2 Å². The number of carbonyl (C=O) groups excluding carboxylic acids is 1. The van der Waals surface area contributed by atoms with Gasteiger partial charge in [-0.3, -0.25) is 9.89 Å². The summed E-state index contributed by atoms with van der Waals surface area (Å²) in [6, 6.07) is 24.4. The van der Waals surface area contributed by atoms with Crippen molar-refractivity contribution in [3.63, 3.8) is 0 Å². The molecule has 0 aliphatic heterocycles. The predicted octanol–water partition coefficient (Wildman–Crippen LogP) is 4.44. The summed E-state index contributed by atoms with van der Waals surface area (Å²) < 4.78 is 16.4. The molecule has 0 radical (unpaired) electrons. The summed E-state index contributed by atoms with van der Waals surface area (Å²) in [5, 5.41) is 11.0. The van der Waals surface area contributed by atoms with Crippen LogP contribution in [0.25, 0.3) is 11.3 Å². The van der Waals surface area contributed by atoms with Crippen molar-refractivity contribution in [2.75, 3.05) is 14.2 Å². The normalized spacial score (nSPS) is 10.8. The van der Waals surface area contributed by atoms with Gasteiger partial charge >= 0.3 is 0 Å². The average molecular weight is 457 g/mol. The number of H-pyrrole nitrogens is 1. The summed E-state index contributed by atoms with van der Waals surface area (Å²) >= 11 is 0. The van der Waals surface area contributed by atoms with Gasteiger partial charge < -0.3 is 14.2 Å². The molecule has 2 N–H and O–H groups in total. The molecule has 172 valence electrons. The third-order valence-electron chi connectivity index (χ3n) is 4.99. The van der Waals surface area contributed by atoms with Crippen LogP contribution in [-0.4, -0.2) is 36.5 Å². The first kappa shape index (κ1) is 22.6. The molecule has 0 unspecified atom stereocenters. The van der Waals surface area contributed by atoms with Crippen molar-refractivity contribution >= 4 is 12.1 Å². The maximum atomic E-state index is 12.5. The van der Waals surface area contributed by atoms with Gasteiger partial charge in [-0.15, -0.1) is 0 Å². The van der Waals surface area contributed by atoms with Crippen molar-refractivity contribution in [1.82, 2.24) is 15.6 Å². The molecule has 1 aromatic heterocycles. The number of amides is 1. The summed E-state index contributed by atoms with van der Waals surface area (Å²) in [6.07, 6.45) is 1.55. The minimum absolute atomic E-state index is 0.280. The lowest BCUT2D eigenvalue weighted by Gasteiger charge is -2.08. The second-order valence-electron chi connectivity index (χ2n) is 7.28. The van der Waals surface area contributed by atoms with Crippen molar-refractivity contribution in [2.45, 2.75) is 6.61 Å². The molecule has 0 fully saturated rings. The zero-order valence-electron chi connectivity index (χ0n) is 18.8. The fourth-order valence-corrected chi connectivity index (χ4v) is 3.23. The molecule has 1 amide bonds. The number of aromatic amines is 1. The van der Waals surface area contributed by atoms with E-state index in [9.17, 15) is 4.79 Å². The van der Waals surface area contributed by atoms with E-state index < -0.39 is 5.91 Å². The van der Waals surface area contributed by atoms with Gasteiger partial charge in [-0.1, -0.05) is 42.5 Å². The Labute approximate surface area is 197 Å². The van der Waals surface area contributed by atoms with Gasteiger partial charge in [-0.25, -0.2) is 5.43 Å². The first-order valence-electron chi connectivity index (χ1n) is 10.5. The van der Waals surface area contributed by atoms with E-state index >= 15 is 0 Å². The molecule has 0 bridgehead atoms. The van der Waals surface area contributed by atoms with Crippen molar-refractivity contribution in [2.24, 2.45) is 5.10 Å². The van der Waals surface area contributed by atoms with Crippen LogP contribution in [0, 0.1) is 0 Å². The highest BCUT2D eigenvalue weighted by molar-refractivity contribution is 5.94. The van der Waals surface area contributed by atoms with Crippen LogP contribution in [0.3, 0.4) is 0 Å². The van der Waals surface area contributed by atoms with Gasteiger partial charge in [0.2, 0.25) is 0 Å². The van der Waals surface area contributed by atoms with Crippen molar-refractivity contribution in [3.05, 3.63) is 95.7 Å². The lowest BCUT2D eigenvalue weighted by atomic mass is 10.1. The standard InChI is InChI=1S/C26H24N4O4/c1-32-24-12-11-20(14-25(24)33-2)22-15-23(29-28-22)26(31)30-27-16-19-9-6-10-21(13-19)34-17-18-7-4-3-5-8-18/h3-16H,17H2,1-2H3,(H,28,29)(H,30,31). The molecule has 3 aromatic carbocycles. The largest absolute Gasteiger partial charge is 0.493 e. The maximum absolute atomic E-state index is 12.5. The molecule has 8 nitrogen and oxygen atoms in total. The third-order valence-corrected chi connectivity index (χ3v) is 4.99. The fourth-order valence-electron chi connectivity index (χ4n) is 3.23. The molecular weight excluding hydrogens is 432 g/mol. The highest BCUT2D eigenvalue weighted by Gasteiger charge is 2.12. The van der Waals surface area contributed by atoms with E-state index in [4.69, 9.17) is 14.2 Å². The van der Waals surface area contributed by atoms with Gasteiger partial charge in [0, 0.05) is 5.56 Å². The van der Waals surface area contributed by atoms with E-state index in [0.717, 1.165) is 16.7 Å². The molecule has 1 heterocycles. The van der Waals surface area contributed by atoms with E-state index in [-0.39, 0.29) is 5.69 Å². The second-order valence-corrected chi connectivity index (χ2v) is 7.28. The summed E-state index contributed by atoms with van der Waals surface area (Å²) in [4.78, 5) is 12.5. The molecule has 0 atom stereocenters. The van der Waals surface area contributed by atoms with Crippen LogP contribution in [0.1, 0.15) is 21.6 Å². The zero-order valence-corrected chi connectivity index (χ0v) is 18.8. The summed E-state index contributed by atoms with van der Waals surface area (Å²) in [6.45, 7) is 0.473. The quantitative estimate of drug-likeness (QED) is 0.287. The highest BCUT2D eigenvalue weighted by Crippen LogP contribution is 2.31. The van der Waals surface area contributed by atoms with Gasteiger partial charge in [0.15, 0.2) is 11.5 Å². The van der Waals surface area contributed by atoms with Crippen LogP contribution in [-0.2, 0) is 6.61 Å². The Balaban J connectivity index is 1.36. The Morgan fingerprint density at radius 1 is 0.971 bits per heavy atom. The van der Waals surface area contributed by atoms with E-state index in [1.807, 2.05) is 60.7 Å². The first-order valence-corrected chi connectivity index (χ1v) is 10.5. The molecule has 0 aliphatic carbocycles. The smallest absolute Gasteiger partial charge is 0.289 e. The molecule has 4 rings (SSSR count). The van der Waals surface area contributed by atoms with E-state index in [1.165, 1.54) is 0 Å². The number of hydrogen-bond donors (Lipinski definition) is 2. The lowest BCUT2D eigenvalue weighted by molar-refractivity contribution is 0.0950. The van der Waals surface area contributed by atoms with E-state index in [0.29, 0.717) is 29.5 Å². The number of rotatable bonds is 9. The van der Waals surface area contributed by atoms with Crippen LogP contribution < -0.4 is 19.6 Å². The average Bonchev–Trinajstić information content (AvgIpc) is 3.38. The first-order chi connectivity index (χ1) is 16.7. The SMILES string of the molecule is COc1ccc(-c2cc(C(=O)NN=Cc3cccc(OCc4ccccc4)c3)[nH]n2)cc1OC. The van der Waals surface area contributed by atoms with Crippen molar-refractivity contribution in [1.29, 1.82) is 0 Å². The highest BCUT2D eigenvalue weighted by atomic mass is 16.5. The molecule has 0 aliphatic rings. The number of ether oxygens (including phenoxy) is 3. The van der Waals surface area contributed by atoms with Crippen LogP contribution in [0.5, 0.6) is 17.2 Å². The molecular formula is C26H24N4O4. The molecule has 0 spiro atoms. The Morgan fingerprint density at radius 3 is 2.59 bits per heavy atom. The minimum atomic E-state index is -0.410. The van der Waals surface area contributed by atoms with Crippen molar-refractivity contribution < 1.29 is 19.0 Å². The van der Waals surface area contributed by atoms with Gasteiger partial charge in [0.25, 0.3) is 5.91 Å². The number of aromatic nitrogens is 2. The van der Waals surface area contributed by atoms with Gasteiger partial charge in [0.1, 0.15) is 18.1 Å². The lowest BCUT2D eigenvalue weighted by Crippen LogP contribution is -2.18. The zero-order chi connectivity index (χ0) is 23.8. The number of carbonyl (C=O) groups is 1. The summed E-state index contributed by atoms with van der Waals surface area (Å²) in [5.74, 6) is 1.50. The summed E-state index contributed by atoms with van der Waals surface area (Å²) in [7, 11) is 3.14. The fraction of sp³-hybridized carbons (Fsp3) is 0.115. The van der Waals surface area contributed by atoms with E-state index in [2.05, 4.69) is 20.7 Å². The van der Waals surface area contributed by atoms with E-state index in [1.54, 1.807) is 38.6 Å². The number of hydrazone groups is 1.